The Morgan fingerprint density at radius 2 is 1.90 bits per heavy atom. The van der Waals surface area contributed by atoms with Crippen LogP contribution in [0.4, 0.5) is 9.18 Å². The number of ether oxygens (including phenoxy) is 1. The lowest BCUT2D eigenvalue weighted by Gasteiger charge is -2.32. The Hall–Kier alpha value is -0.890. The molecule has 0 heterocycles. The Bertz CT molecular complexity index is 445. The summed E-state index contributed by atoms with van der Waals surface area (Å²) in [6.45, 7) is 5.16. The number of halogens is 1. The van der Waals surface area contributed by atoms with Gasteiger partial charge in [-0.15, -0.1) is 0 Å². The van der Waals surface area contributed by atoms with Crippen LogP contribution in [0.1, 0.15) is 40.0 Å². The second kappa shape index (κ2) is 6.26. The van der Waals surface area contributed by atoms with Crippen LogP contribution in [0.2, 0.25) is 0 Å². The number of carbonyl (C=O) groups excluding carboxylic acids is 1. The third-order valence-electron chi connectivity index (χ3n) is 2.74. The minimum Gasteiger partial charge on any atom is -0.444 e. The van der Waals surface area contributed by atoms with Crippen LogP contribution < -0.4 is 5.32 Å². The number of alkyl halides is 1. The van der Waals surface area contributed by atoms with E-state index in [1.54, 1.807) is 20.8 Å². The molecule has 0 bridgehead atoms. The maximum atomic E-state index is 13.9. The summed E-state index contributed by atoms with van der Waals surface area (Å²) in [7, 11) is -3.59. The Balaban J connectivity index is 2.47. The van der Waals surface area contributed by atoms with E-state index in [0.717, 1.165) is 6.26 Å². The summed E-state index contributed by atoms with van der Waals surface area (Å²) >= 11 is 0. The zero-order valence-corrected chi connectivity index (χ0v) is 13.0. The molecule has 0 aromatic carbocycles. The van der Waals surface area contributed by atoms with Gasteiger partial charge in [-0.3, -0.25) is 4.18 Å². The predicted molar refractivity (Wildman–Crippen MR) is 71.6 cm³/mol. The van der Waals surface area contributed by atoms with Crippen molar-refractivity contribution in [2.24, 2.45) is 0 Å². The standard InChI is InChI=1S/C12H22FNO5S/c1-12(2,3)18-11(15)14-10-6-5-8(7-9(10)13)19-20(4,16)17/h8-10H,5-7H2,1-4H3,(H,14,15)/t8-,9+,10+/m1/s1. The van der Waals surface area contributed by atoms with Gasteiger partial charge in [0.25, 0.3) is 10.1 Å². The number of amides is 1. The van der Waals surface area contributed by atoms with Gasteiger partial charge < -0.3 is 10.1 Å². The summed E-state index contributed by atoms with van der Waals surface area (Å²) in [5.41, 5.74) is -0.646. The lowest BCUT2D eigenvalue weighted by molar-refractivity contribution is 0.0374. The molecule has 1 saturated carbocycles. The Morgan fingerprint density at radius 3 is 2.35 bits per heavy atom. The molecule has 0 aromatic heterocycles. The molecule has 1 N–H and O–H groups in total. The van der Waals surface area contributed by atoms with Crippen molar-refractivity contribution in [2.75, 3.05) is 6.26 Å². The van der Waals surface area contributed by atoms with Crippen LogP contribution in [0, 0.1) is 0 Å². The summed E-state index contributed by atoms with van der Waals surface area (Å²) in [5, 5.41) is 2.47. The highest BCUT2D eigenvalue weighted by Crippen LogP contribution is 2.25. The molecule has 3 atom stereocenters. The molecule has 118 valence electrons. The number of rotatable bonds is 3. The SMILES string of the molecule is CC(C)(C)OC(=O)N[C@H]1CC[C@@H](OS(C)(=O)=O)C[C@@H]1F. The van der Waals surface area contributed by atoms with Crippen LogP contribution in [-0.2, 0) is 19.0 Å². The largest absolute Gasteiger partial charge is 0.444 e. The van der Waals surface area contributed by atoms with Crippen LogP contribution in [0.25, 0.3) is 0 Å². The summed E-state index contributed by atoms with van der Waals surface area (Å²) < 4.78 is 45.7. The monoisotopic (exact) mass is 311 g/mol. The summed E-state index contributed by atoms with van der Waals surface area (Å²) in [6.07, 6.45) is -1.15. The van der Waals surface area contributed by atoms with E-state index in [0.29, 0.717) is 12.8 Å². The highest BCUT2D eigenvalue weighted by atomic mass is 32.2. The average molecular weight is 311 g/mol. The number of hydrogen-bond acceptors (Lipinski definition) is 5. The van der Waals surface area contributed by atoms with Gasteiger partial charge in [0.15, 0.2) is 0 Å². The molecule has 1 fully saturated rings. The molecule has 1 aliphatic carbocycles. The van der Waals surface area contributed by atoms with E-state index in [9.17, 15) is 17.6 Å². The minimum absolute atomic E-state index is 0.0620. The maximum absolute atomic E-state index is 13.9. The molecule has 0 aliphatic heterocycles. The fourth-order valence-electron chi connectivity index (χ4n) is 2.04. The molecule has 0 aromatic rings. The smallest absolute Gasteiger partial charge is 0.407 e. The summed E-state index contributed by atoms with van der Waals surface area (Å²) in [5.74, 6) is 0. The Morgan fingerprint density at radius 1 is 1.30 bits per heavy atom. The van der Waals surface area contributed by atoms with Gasteiger partial charge in [0.1, 0.15) is 11.8 Å². The quantitative estimate of drug-likeness (QED) is 0.803. The second-order valence-electron chi connectivity index (χ2n) is 6.00. The van der Waals surface area contributed by atoms with Gasteiger partial charge in [-0.1, -0.05) is 0 Å². The number of nitrogens with one attached hydrogen (secondary N) is 1. The third-order valence-corrected chi connectivity index (χ3v) is 3.36. The molecule has 1 rings (SSSR count). The third kappa shape index (κ3) is 6.51. The van der Waals surface area contributed by atoms with Gasteiger partial charge in [0.2, 0.25) is 0 Å². The molecular weight excluding hydrogens is 289 g/mol. The van der Waals surface area contributed by atoms with Crippen molar-refractivity contribution in [1.82, 2.24) is 5.32 Å². The number of carbonyl (C=O) groups is 1. The highest BCUT2D eigenvalue weighted by Gasteiger charge is 2.34. The van der Waals surface area contributed by atoms with Crippen molar-refractivity contribution in [3.8, 4) is 0 Å². The lowest BCUT2D eigenvalue weighted by Crippen LogP contribution is -2.48. The predicted octanol–water partition coefficient (Wildman–Crippen LogP) is 1.75. The maximum Gasteiger partial charge on any atom is 0.407 e. The van der Waals surface area contributed by atoms with E-state index < -0.39 is 40.1 Å². The fraction of sp³-hybridized carbons (Fsp3) is 0.917. The van der Waals surface area contributed by atoms with Crippen molar-refractivity contribution in [3.05, 3.63) is 0 Å². The van der Waals surface area contributed by atoms with Gasteiger partial charge in [-0.25, -0.2) is 9.18 Å². The lowest BCUT2D eigenvalue weighted by atomic mass is 9.91. The molecule has 0 spiro atoms. The van der Waals surface area contributed by atoms with Crippen LogP contribution in [0.15, 0.2) is 0 Å². The normalized spacial score (nSPS) is 27.9. The number of alkyl carbamates (subject to hydrolysis) is 1. The van der Waals surface area contributed by atoms with Crippen LogP contribution >= 0.6 is 0 Å². The van der Waals surface area contributed by atoms with Crippen molar-refractivity contribution in [2.45, 2.75) is 64.0 Å². The first-order valence-corrected chi connectivity index (χ1v) is 8.30. The Labute approximate surface area is 119 Å². The van der Waals surface area contributed by atoms with Crippen molar-refractivity contribution < 1.29 is 26.5 Å². The second-order valence-corrected chi connectivity index (χ2v) is 7.60. The average Bonchev–Trinajstić information content (AvgIpc) is 2.17. The van der Waals surface area contributed by atoms with E-state index in [4.69, 9.17) is 8.92 Å². The zero-order chi connectivity index (χ0) is 15.6. The van der Waals surface area contributed by atoms with Crippen LogP contribution in [0.5, 0.6) is 0 Å². The molecule has 0 saturated heterocycles. The molecule has 0 unspecified atom stereocenters. The molecule has 0 radical (unpaired) electrons. The van der Waals surface area contributed by atoms with E-state index in [1.165, 1.54) is 0 Å². The number of hydrogen-bond donors (Lipinski definition) is 1. The molecule has 1 amide bonds. The molecule has 8 heteroatoms. The first kappa shape index (κ1) is 17.2. The first-order chi connectivity index (χ1) is 8.96. The van der Waals surface area contributed by atoms with E-state index in [2.05, 4.69) is 5.32 Å². The zero-order valence-electron chi connectivity index (χ0n) is 12.2. The van der Waals surface area contributed by atoms with Gasteiger partial charge in [-0.05, 0) is 33.6 Å². The van der Waals surface area contributed by atoms with Crippen LogP contribution in [-0.4, -0.2) is 44.7 Å². The van der Waals surface area contributed by atoms with Crippen molar-refractivity contribution in [1.29, 1.82) is 0 Å². The molecule has 20 heavy (non-hydrogen) atoms. The first-order valence-electron chi connectivity index (χ1n) is 6.48. The molecular formula is C12H22FNO5S. The van der Waals surface area contributed by atoms with Gasteiger partial charge in [0, 0.05) is 6.42 Å². The minimum atomic E-state index is -3.59. The van der Waals surface area contributed by atoms with Crippen LogP contribution in [0.3, 0.4) is 0 Å². The van der Waals surface area contributed by atoms with E-state index >= 15 is 0 Å². The van der Waals surface area contributed by atoms with Crippen molar-refractivity contribution in [3.63, 3.8) is 0 Å². The van der Waals surface area contributed by atoms with E-state index in [1.807, 2.05) is 0 Å². The van der Waals surface area contributed by atoms with Gasteiger partial charge in [0.05, 0.1) is 18.4 Å². The van der Waals surface area contributed by atoms with Gasteiger partial charge >= 0.3 is 6.09 Å². The Kier molecular flexibility index (Phi) is 5.37. The van der Waals surface area contributed by atoms with Gasteiger partial charge in [-0.2, -0.15) is 8.42 Å². The van der Waals surface area contributed by atoms with Crippen molar-refractivity contribution >= 4 is 16.2 Å². The molecule has 6 nitrogen and oxygen atoms in total. The summed E-state index contributed by atoms with van der Waals surface area (Å²) in [6, 6.07) is -0.677. The van der Waals surface area contributed by atoms with E-state index in [-0.39, 0.29) is 6.42 Å². The highest BCUT2D eigenvalue weighted by molar-refractivity contribution is 7.86. The molecule has 1 aliphatic rings. The fourth-order valence-corrected chi connectivity index (χ4v) is 2.70. The summed E-state index contributed by atoms with van der Waals surface area (Å²) in [4.78, 5) is 11.6. The topological polar surface area (TPSA) is 81.7 Å².